The first-order chi connectivity index (χ1) is 38.4. The first-order valence-corrected chi connectivity index (χ1v) is 26.6. The van der Waals surface area contributed by atoms with Gasteiger partial charge in [0.05, 0.1) is 22.4 Å². The predicted molar refractivity (Wildman–Crippen MR) is 327 cm³/mol. The number of nitrogens with zero attached hydrogens (tertiary/aromatic N) is 5. The molecule has 0 aliphatic rings. The smallest absolute Gasteiger partial charge is 0.160 e. The Morgan fingerprint density at radius 2 is 0.679 bits per heavy atom. The Morgan fingerprint density at radius 1 is 0.295 bits per heavy atom. The van der Waals surface area contributed by atoms with Gasteiger partial charge in [0.25, 0.3) is 0 Å². The molecular formula is C73H55N5. The minimum Gasteiger partial charge on any atom is -0.310 e. The van der Waals surface area contributed by atoms with E-state index in [1.807, 2.05) is 0 Å². The summed E-state index contributed by atoms with van der Waals surface area (Å²) in [6, 6.07) is 100. The molecule has 0 unspecified atom stereocenters. The third-order valence-electron chi connectivity index (χ3n) is 14.9. The van der Waals surface area contributed by atoms with Crippen molar-refractivity contribution in [3.63, 3.8) is 0 Å². The van der Waals surface area contributed by atoms with Crippen molar-refractivity contribution in [2.24, 2.45) is 0 Å². The van der Waals surface area contributed by atoms with Gasteiger partial charge < -0.3 is 14.4 Å². The van der Waals surface area contributed by atoms with Gasteiger partial charge in [-0.25, -0.2) is 9.97 Å². The molecule has 0 fully saturated rings. The molecular weight excluding hydrogens is 947 g/mol. The van der Waals surface area contributed by atoms with Gasteiger partial charge in [0.15, 0.2) is 5.82 Å². The molecule has 2 aromatic heterocycles. The SMILES string of the molecule is Cc1ccc(-c2cc(-c3ccc(-c4ccc(-c5ccc(-n6c7ccc(N(c8ccccc8)c8ccccc8)cc7c7cc(N(c8ccccc8)c8ccccc8)ccc76)cc5)cc4C)cc3)nc(-c3ccc(C)cc3)n2)cc1. The Balaban J connectivity index is 0.850. The lowest BCUT2D eigenvalue weighted by molar-refractivity contribution is 1.18. The van der Waals surface area contributed by atoms with E-state index in [1.54, 1.807) is 0 Å². The quantitative estimate of drug-likeness (QED) is 0.122. The standard InChI is InChI=1S/C73H55N5/c1-50-24-28-55(29-25-50)69-49-70(75-73(74-69)57-30-26-51(2)27-31-57)56-34-32-54(33-35-56)66-43-38-58(46-52(66)3)53-36-39-63(40-37-53)78-71-44-41-64(76(59-16-8-4-9-17-59)60-18-10-5-11-19-60)47-67(71)68-48-65(42-45-72(68)78)77(61-20-12-6-13-21-61)62-22-14-7-15-23-62/h4-49H,1-3H3. The molecule has 0 saturated carbocycles. The molecule has 0 amide bonds. The number of hydrogen-bond donors (Lipinski definition) is 0. The Kier molecular flexibility index (Phi) is 12.5. The third kappa shape index (κ3) is 9.29. The summed E-state index contributed by atoms with van der Waals surface area (Å²) >= 11 is 0. The third-order valence-corrected chi connectivity index (χ3v) is 14.9. The van der Waals surface area contributed by atoms with Gasteiger partial charge in [0, 0.05) is 67.3 Å². The molecule has 2 heterocycles. The molecule has 0 bridgehead atoms. The highest BCUT2D eigenvalue weighted by atomic mass is 15.1. The van der Waals surface area contributed by atoms with Crippen molar-refractivity contribution in [1.82, 2.24) is 14.5 Å². The molecule has 372 valence electrons. The number of aryl methyl sites for hydroxylation is 3. The molecule has 0 atom stereocenters. The van der Waals surface area contributed by atoms with Crippen molar-refractivity contribution in [1.29, 1.82) is 0 Å². The van der Waals surface area contributed by atoms with Crippen molar-refractivity contribution < 1.29 is 0 Å². The van der Waals surface area contributed by atoms with Gasteiger partial charge >= 0.3 is 0 Å². The maximum atomic E-state index is 5.11. The second kappa shape index (κ2) is 20.6. The Bertz CT molecular complexity index is 3950. The fourth-order valence-corrected chi connectivity index (χ4v) is 10.8. The fraction of sp³-hybridized carbons (Fsp3) is 0.0411. The summed E-state index contributed by atoms with van der Waals surface area (Å²) < 4.78 is 2.42. The fourth-order valence-electron chi connectivity index (χ4n) is 10.8. The van der Waals surface area contributed by atoms with Crippen molar-refractivity contribution >= 4 is 55.9 Å². The van der Waals surface area contributed by atoms with Crippen LogP contribution in [0.3, 0.4) is 0 Å². The highest BCUT2D eigenvalue weighted by molar-refractivity contribution is 6.12. The van der Waals surface area contributed by atoms with Crippen LogP contribution in [0.5, 0.6) is 0 Å². The maximum absolute atomic E-state index is 5.11. The summed E-state index contributed by atoms with van der Waals surface area (Å²) in [7, 11) is 0. The number of fused-ring (bicyclic) bond motifs is 3. The molecule has 0 N–H and O–H groups in total. The Hall–Kier alpha value is -10.1. The van der Waals surface area contributed by atoms with Gasteiger partial charge in [0.2, 0.25) is 0 Å². The first-order valence-electron chi connectivity index (χ1n) is 26.6. The molecule has 5 nitrogen and oxygen atoms in total. The topological polar surface area (TPSA) is 37.2 Å². The normalized spacial score (nSPS) is 11.3. The zero-order chi connectivity index (χ0) is 52.5. The van der Waals surface area contributed by atoms with E-state index in [4.69, 9.17) is 9.97 Å². The molecule has 5 heteroatoms. The second-order valence-electron chi connectivity index (χ2n) is 20.1. The van der Waals surface area contributed by atoms with E-state index < -0.39 is 0 Å². The average Bonchev–Trinajstić information content (AvgIpc) is 4.02. The number of aromatic nitrogens is 3. The lowest BCUT2D eigenvalue weighted by atomic mass is 9.94. The highest BCUT2D eigenvalue weighted by Gasteiger charge is 2.21. The molecule has 13 aromatic rings. The molecule has 11 aromatic carbocycles. The van der Waals surface area contributed by atoms with Gasteiger partial charge in [-0.3, -0.25) is 0 Å². The number of benzene rings is 11. The van der Waals surface area contributed by atoms with Crippen LogP contribution in [-0.2, 0) is 0 Å². The van der Waals surface area contributed by atoms with Crippen molar-refractivity contribution in [2.45, 2.75) is 20.8 Å². The lowest BCUT2D eigenvalue weighted by Gasteiger charge is -2.26. The predicted octanol–water partition coefficient (Wildman–Crippen LogP) is 19.8. The van der Waals surface area contributed by atoms with Gasteiger partial charge in [-0.05, 0) is 152 Å². The number of rotatable bonds is 12. The zero-order valence-electron chi connectivity index (χ0n) is 43.8. The molecule has 0 aliphatic heterocycles. The lowest BCUT2D eigenvalue weighted by Crippen LogP contribution is -2.09. The van der Waals surface area contributed by atoms with Crippen LogP contribution >= 0.6 is 0 Å². The average molecular weight is 1000 g/mol. The zero-order valence-corrected chi connectivity index (χ0v) is 43.8. The van der Waals surface area contributed by atoms with E-state index in [-0.39, 0.29) is 0 Å². The summed E-state index contributed by atoms with van der Waals surface area (Å²) in [5, 5.41) is 2.34. The summed E-state index contributed by atoms with van der Waals surface area (Å²) in [5.74, 6) is 0.717. The van der Waals surface area contributed by atoms with E-state index in [9.17, 15) is 0 Å². The van der Waals surface area contributed by atoms with Crippen LogP contribution in [0.1, 0.15) is 16.7 Å². The van der Waals surface area contributed by atoms with E-state index >= 15 is 0 Å². The summed E-state index contributed by atoms with van der Waals surface area (Å²) in [6.07, 6.45) is 0. The van der Waals surface area contributed by atoms with Crippen LogP contribution in [0, 0.1) is 20.8 Å². The molecule has 13 rings (SSSR count). The summed E-state index contributed by atoms with van der Waals surface area (Å²) in [6.45, 7) is 6.42. The summed E-state index contributed by atoms with van der Waals surface area (Å²) in [5.41, 5.74) is 23.2. The molecule has 0 radical (unpaired) electrons. The van der Waals surface area contributed by atoms with E-state index in [0.717, 1.165) is 90.1 Å². The highest BCUT2D eigenvalue weighted by Crippen LogP contribution is 2.43. The van der Waals surface area contributed by atoms with Crippen molar-refractivity contribution in [3.8, 4) is 61.8 Å². The monoisotopic (exact) mass is 1000 g/mol. The Labute approximate surface area is 456 Å². The molecule has 0 spiro atoms. The molecule has 0 saturated heterocycles. The van der Waals surface area contributed by atoms with Crippen LogP contribution in [0.2, 0.25) is 0 Å². The molecule has 78 heavy (non-hydrogen) atoms. The van der Waals surface area contributed by atoms with Gasteiger partial charge in [-0.1, -0.05) is 187 Å². The summed E-state index contributed by atoms with van der Waals surface area (Å²) in [4.78, 5) is 14.8. The number of anilines is 6. The van der Waals surface area contributed by atoms with Crippen LogP contribution < -0.4 is 9.80 Å². The maximum Gasteiger partial charge on any atom is 0.160 e. The van der Waals surface area contributed by atoms with Gasteiger partial charge in [-0.15, -0.1) is 0 Å². The van der Waals surface area contributed by atoms with Crippen LogP contribution in [0.4, 0.5) is 34.1 Å². The van der Waals surface area contributed by atoms with Crippen LogP contribution in [-0.4, -0.2) is 14.5 Å². The second-order valence-corrected chi connectivity index (χ2v) is 20.1. The van der Waals surface area contributed by atoms with Gasteiger partial charge in [0.1, 0.15) is 0 Å². The minimum atomic E-state index is 0.717. The van der Waals surface area contributed by atoms with E-state index in [0.29, 0.717) is 5.82 Å². The number of hydrogen-bond acceptors (Lipinski definition) is 4. The minimum absolute atomic E-state index is 0.717. The molecule has 0 aliphatic carbocycles. The van der Waals surface area contributed by atoms with E-state index in [1.165, 1.54) is 38.6 Å². The largest absolute Gasteiger partial charge is 0.310 e. The van der Waals surface area contributed by atoms with Gasteiger partial charge in [-0.2, -0.15) is 0 Å². The number of para-hydroxylation sites is 4. The Morgan fingerprint density at radius 3 is 1.12 bits per heavy atom. The van der Waals surface area contributed by atoms with Crippen LogP contribution in [0.25, 0.3) is 83.6 Å². The van der Waals surface area contributed by atoms with Crippen LogP contribution in [0.15, 0.2) is 279 Å². The first kappa shape index (κ1) is 47.6. The van der Waals surface area contributed by atoms with E-state index in [2.05, 4.69) is 314 Å². The van der Waals surface area contributed by atoms with Crippen molar-refractivity contribution in [3.05, 3.63) is 296 Å². The van der Waals surface area contributed by atoms with Crippen molar-refractivity contribution in [2.75, 3.05) is 9.80 Å².